The van der Waals surface area contributed by atoms with Crippen LogP contribution in [0.4, 0.5) is 5.69 Å². The first-order valence-electron chi connectivity index (χ1n) is 6.65. The molecule has 0 bridgehead atoms. The highest BCUT2D eigenvalue weighted by molar-refractivity contribution is 6.05. The fraction of sp³-hybridized carbons (Fsp3) is 0.250. The number of rotatable bonds is 2. The van der Waals surface area contributed by atoms with Crippen molar-refractivity contribution in [2.24, 2.45) is 5.73 Å². The number of hydrogen-bond acceptors (Lipinski definition) is 3. The Morgan fingerprint density at radius 3 is 2.71 bits per heavy atom. The molecule has 0 saturated heterocycles. The first-order chi connectivity index (χ1) is 10.0. The van der Waals surface area contributed by atoms with E-state index in [0.29, 0.717) is 12.1 Å². The molecule has 2 aromatic rings. The molecule has 0 fully saturated rings. The SMILES string of the molecule is Cc1cc(C#CCN)cc(C(=O)Nc2c(C)n[nH]c2C)c1. The first-order valence-corrected chi connectivity index (χ1v) is 6.65. The third-order valence-corrected chi connectivity index (χ3v) is 3.04. The molecule has 2 rings (SSSR count). The van der Waals surface area contributed by atoms with Crippen molar-refractivity contribution in [2.75, 3.05) is 11.9 Å². The average Bonchev–Trinajstić information content (AvgIpc) is 2.76. The van der Waals surface area contributed by atoms with Gasteiger partial charge in [-0.1, -0.05) is 11.8 Å². The zero-order chi connectivity index (χ0) is 15.4. The van der Waals surface area contributed by atoms with Crippen molar-refractivity contribution in [1.29, 1.82) is 0 Å². The summed E-state index contributed by atoms with van der Waals surface area (Å²) in [6.45, 7) is 5.93. The number of carbonyl (C=O) groups is 1. The number of benzene rings is 1. The Morgan fingerprint density at radius 1 is 1.33 bits per heavy atom. The largest absolute Gasteiger partial charge is 0.320 e. The predicted octanol–water partition coefficient (Wildman–Crippen LogP) is 1.90. The van der Waals surface area contributed by atoms with E-state index < -0.39 is 0 Å². The van der Waals surface area contributed by atoms with Crippen LogP contribution in [0.3, 0.4) is 0 Å². The number of aryl methyl sites for hydroxylation is 3. The number of aromatic nitrogens is 2. The van der Waals surface area contributed by atoms with Crippen molar-refractivity contribution in [3.63, 3.8) is 0 Å². The van der Waals surface area contributed by atoms with Gasteiger partial charge in [-0.05, 0) is 44.5 Å². The van der Waals surface area contributed by atoms with E-state index in [1.807, 2.05) is 32.9 Å². The lowest BCUT2D eigenvalue weighted by Crippen LogP contribution is -2.13. The van der Waals surface area contributed by atoms with Crippen molar-refractivity contribution in [3.05, 3.63) is 46.3 Å². The smallest absolute Gasteiger partial charge is 0.255 e. The Bertz CT molecular complexity index is 715. The summed E-state index contributed by atoms with van der Waals surface area (Å²) >= 11 is 0. The topological polar surface area (TPSA) is 83.8 Å². The van der Waals surface area contributed by atoms with E-state index in [-0.39, 0.29) is 5.91 Å². The minimum absolute atomic E-state index is 0.179. The fourth-order valence-corrected chi connectivity index (χ4v) is 2.06. The molecule has 0 aliphatic rings. The number of H-pyrrole nitrogens is 1. The van der Waals surface area contributed by atoms with Crippen LogP contribution < -0.4 is 11.1 Å². The molecule has 1 aromatic heterocycles. The minimum Gasteiger partial charge on any atom is -0.320 e. The lowest BCUT2D eigenvalue weighted by molar-refractivity contribution is 0.102. The van der Waals surface area contributed by atoms with Gasteiger partial charge >= 0.3 is 0 Å². The van der Waals surface area contributed by atoms with Crippen LogP contribution in [-0.4, -0.2) is 22.6 Å². The second-order valence-corrected chi connectivity index (χ2v) is 4.86. The van der Waals surface area contributed by atoms with Crippen molar-refractivity contribution < 1.29 is 4.79 Å². The quantitative estimate of drug-likeness (QED) is 0.736. The molecule has 108 valence electrons. The van der Waals surface area contributed by atoms with Gasteiger partial charge in [0.2, 0.25) is 0 Å². The van der Waals surface area contributed by atoms with Crippen LogP contribution in [0, 0.1) is 32.6 Å². The summed E-state index contributed by atoms with van der Waals surface area (Å²) < 4.78 is 0. The molecule has 1 amide bonds. The maximum absolute atomic E-state index is 12.4. The minimum atomic E-state index is -0.179. The standard InChI is InChI=1S/C16H18N4O/c1-10-7-13(5-4-6-17)9-14(8-10)16(21)18-15-11(2)19-20-12(15)3/h7-9H,6,17H2,1-3H3,(H,18,21)(H,19,20). The Hall–Kier alpha value is -2.58. The van der Waals surface area contributed by atoms with Crippen molar-refractivity contribution >= 4 is 11.6 Å². The average molecular weight is 282 g/mol. The number of nitrogens with one attached hydrogen (secondary N) is 2. The molecule has 4 N–H and O–H groups in total. The predicted molar refractivity (Wildman–Crippen MR) is 83.1 cm³/mol. The van der Waals surface area contributed by atoms with Crippen molar-refractivity contribution in [1.82, 2.24) is 10.2 Å². The number of nitrogens with two attached hydrogens (primary N) is 1. The summed E-state index contributed by atoms with van der Waals surface area (Å²) in [6, 6.07) is 5.51. The Morgan fingerprint density at radius 2 is 2.10 bits per heavy atom. The number of aromatic amines is 1. The fourth-order valence-electron chi connectivity index (χ4n) is 2.06. The summed E-state index contributed by atoms with van der Waals surface area (Å²) in [5.74, 6) is 5.56. The molecule has 0 aliphatic heterocycles. The van der Waals surface area contributed by atoms with Gasteiger partial charge in [0.05, 0.1) is 23.6 Å². The number of carbonyl (C=O) groups excluding carboxylic acids is 1. The van der Waals surface area contributed by atoms with E-state index in [2.05, 4.69) is 27.4 Å². The molecule has 0 unspecified atom stereocenters. The van der Waals surface area contributed by atoms with E-state index in [4.69, 9.17) is 5.73 Å². The summed E-state index contributed by atoms with van der Waals surface area (Å²) in [5.41, 5.74) is 10.0. The Labute approximate surface area is 123 Å². The van der Waals surface area contributed by atoms with Crippen molar-refractivity contribution in [2.45, 2.75) is 20.8 Å². The van der Waals surface area contributed by atoms with Crippen LogP contribution in [0.1, 0.15) is 32.9 Å². The zero-order valence-electron chi connectivity index (χ0n) is 12.4. The molecule has 1 heterocycles. The molecule has 0 radical (unpaired) electrons. The number of nitrogens with zero attached hydrogens (tertiary/aromatic N) is 1. The van der Waals surface area contributed by atoms with Gasteiger partial charge in [-0.15, -0.1) is 0 Å². The van der Waals surface area contributed by atoms with Gasteiger partial charge in [-0.25, -0.2) is 0 Å². The summed E-state index contributed by atoms with van der Waals surface area (Å²) in [6.07, 6.45) is 0. The van der Waals surface area contributed by atoms with E-state index in [1.165, 1.54) is 0 Å². The highest BCUT2D eigenvalue weighted by atomic mass is 16.1. The third kappa shape index (κ3) is 3.50. The van der Waals surface area contributed by atoms with Crippen LogP contribution in [0.15, 0.2) is 18.2 Å². The molecule has 21 heavy (non-hydrogen) atoms. The maximum Gasteiger partial charge on any atom is 0.255 e. The Balaban J connectivity index is 2.29. The van der Waals surface area contributed by atoms with Crippen LogP contribution >= 0.6 is 0 Å². The Kier molecular flexibility index (Phi) is 4.41. The van der Waals surface area contributed by atoms with Crippen LogP contribution in [-0.2, 0) is 0 Å². The first kappa shape index (κ1) is 14.8. The number of hydrogen-bond donors (Lipinski definition) is 3. The molecule has 0 saturated carbocycles. The monoisotopic (exact) mass is 282 g/mol. The van der Waals surface area contributed by atoms with E-state index in [1.54, 1.807) is 6.07 Å². The third-order valence-electron chi connectivity index (χ3n) is 3.04. The summed E-state index contributed by atoms with van der Waals surface area (Å²) in [5, 5.41) is 9.79. The van der Waals surface area contributed by atoms with Crippen LogP contribution in [0.25, 0.3) is 0 Å². The summed E-state index contributed by atoms with van der Waals surface area (Å²) in [4.78, 5) is 12.4. The van der Waals surface area contributed by atoms with Gasteiger partial charge in [0, 0.05) is 11.1 Å². The van der Waals surface area contributed by atoms with Gasteiger partial charge in [-0.3, -0.25) is 9.89 Å². The molecule has 5 nitrogen and oxygen atoms in total. The van der Waals surface area contributed by atoms with Gasteiger partial charge in [0.15, 0.2) is 0 Å². The second-order valence-electron chi connectivity index (χ2n) is 4.86. The number of anilines is 1. The van der Waals surface area contributed by atoms with Gasteiger partial charge < -0.3 is 11.1 Å². The molecule has 5 heteroatoms. The summed E-state index contributed by atoms with van der Waals surface area (Å²) in [7, 11) is 0. The molecule has 1 aromatic carbocycles. The highest BCUT2D eigenvalue weighted by Crippen LogP contribution is 2.18. The molecular weight excluding hydrogens is 264 g/mol. The maximum atomic E-state index is 12.4. The van der Waals surface area contributed by atoms with Crippen molar-refractivity contribution in [3.8, 4) is 11.8 Å². The highest BCUT2D eigenvalue weighted by Gasteiger charge is 2.12. The zero-order valence-corrected chi connectivity index (χ0v) is 12.4. The molecule has 0 aliphatic carbocycles. The van der Waals surface area contributed by atoms with Gasteiger partial charge in [0.1, 0.15) is 0 Å². The molecular formula is C16H18N4O. The van der Waals surface area contributed by atoms with Gasteiger partial charge in [-0.2, -0.15) is 5.10 Å². The van der Waals surface area contributed by atoms with E-state index in [0.717, 1.165) is 28.2 Å². The van der Waals surface area contributed by atoms with Crippen LogP contribution in [0.2, 0.25) is 0 Å². The molecule has 0 atom stereocenters. The van der Waals surface area contributed by atoms with Crippen LogP contribution in [0.5, 0.6) is 0 Å². The number of amides is 1. The normalized spacial score (nSPS) is 9.90. The van der Waals surface area contributed by atoms with E-state index in [9.17, 15) is 4.79 Å². The van der Waals surface area contributed by atoms with E-state index >= 15 is 0 Å². The lowest BCUT2D eigenvalue weighted by Gasteiger charge is -2.07. The molecule has 0 spiro atoms. The van der Waals surface area contributed by atoms with Gasteiger partial charge in [0.25, 0.3) is 5.91 Å². The second kappa shape index (κ2) is 6.25. The lowest BCUT2D eigenvalue weighted by atomic mass is 10.1.